The molecule has 0 saturated heterocycles. The van der Waals surface area contributed by atoms with Crippen LogP contribution in [0.5, 0.6) is 0 Å². The van der Waals surface area contributed by atoms with Crippen molar-refractivity contribution in [2.75, 3.05) is 0 Å². The summed E-state index contributed by atoms with van der Waals surface area (Å²) in [5.41, 5.74) is 8.37. The summed E-state index contributed by atoms with van der Waals surface area (Å²) in [6.07, 6.45) is 0. The van der Waals surface area contributed by atoms with E-state index < -0.39 is 0 Å². The van der Waals surface area contributed by atoms with E-state index in [-0.39, 0.29) is 0 Å². The molecule has 0 atom stereocenters. The molecule has 0 aliphatic carbocycles. The van der Waals surface area contributed by atoms with Crippen molar-refractivity contribution in [3.05, 3.63) is 146 Å². The van der Waals surface area contributed by atoms with E-state index in [1.54, 1.807) is 0 Å². The lowest BCUT2D eigenvalue weighted by Crippen LogP contribution is -1.91. The molecule has 0 amide bonds. The van der Waals surface area contributed by atoms with E-state index in [4.69, 9.17) is 8.83 Å². The van der Waals surface area contributed by atoms with E-state index in [1.807, 2.05) is 6.07 Å². The summed E-state index contributed by atoms with van der Waals surface area (Å²) in [5, 5.41) is 11.7. The lowest BCUT2D eigenvalue weighted by atomic mass is 9.84. The van der Waals surface area contributed by atoms with E-state index in [0.717, 1.165) is 54.8 Å². The molecule has 204 valence electrons. The van der Waals surface area contributed by atoms with Crippen LogP contribution in [0, 0.1) is 0 Å². The normalized spacial score (nSPS) is 12.1. The van der Waals surface area contributed by atoms with Gasteiger partial charge in [0.1, 0.15) is 22.3 Å². The van der Waals surface area contributed by atoms with E-state index in [1.165, 1.54) is 43.6 Å². The number of furan rings is 2. The van der Waals surface area contributed by atoms with Crippen molar-refractivity contribution >= 4 is 76.2 Å². The minimum absolute atomic E-state index is 0.903. The molecule has 0 aliphatic rings. The lowest BCUT2D eigenvalue weighted by molar-refractivity contribution is 0.669. The van der Waals surface area contributed by atoms with Crippen LogP contribution in [0.2, 0.25) is 0 Å². The Balaban J connectivity index is 1.37. The highest BCUT2D eigenvalue weighted by molar-refractivity contribution is 6.27. The maximum Gasteiger partial charge on any atom is 0.143 e. The zero-order chi connectivity index (χ0) is 28.8. The van der Waals surface area contributed by atoms with Crippen LogP contribution in [0.1, 0.15) is 0 Å². The monoisotopic (exact) mass is 560 g/mol. The first-order valence-corrected chi connectivity index (χ1v) is 15.0. The van der Waals surface area contributed by atoms with Crippen molar-refractivity contribution in [2.24, 2.45) is 0 Å². The van der Waals surface area contributed by atoms with Gasteiger partial charge in [0.05, 0.1) is 0 Å². The Morgan fingerprint density at radius 3 is 1.57 bits per heavy atom. The first-order chi connectivity index (χ1) is 21.8. The largest absolute Gasteiger partial charge is 0.456 e. The molecule has 0 fully saturated rings. The first-order valence-electron chi connectivity index (χ1n) is 15.0. The molecular weight excluding hydrogens is 536 g/mol. The maximum atomic E-state index is 6.85. The number of rotatable bonds is 2. The van der Waals surface area contributed by atoms with E-state index in [0.29, 0.717) is 0 Å². The summed E-state index contributed by atoms with van der Waals surface area (Å²) < 4.78 is 13.2. The SMILES string of the molecule is c1ccc2c(c1)ccc1c3cccc(-c4c5ccccc5c(-c5cccc6oc7ccccc7c56)c5ccccc45)c3oc21. The molecule has 0 N–H and O–H groups in total. The highest BCUT2D eigenvalue weighted by Gasteiger charge is 2.22. The second-order valence-electron chi connectivity index (χ2n) is 11.6. The minimum Gasteiger partial charge on any atom is -0.456 e. The van der Waals surface area contributed by atoms with Gasteiger partial charge in [-0.05, 0) is 56.3 Å². The van der Waals surface area contributed by atoms with Crippen molar-refractivity contribution in [1.29, 1.82) is 0 Å². The Bertz CT molecular complexity index is 2720. The third kappa shape index (κ3) is 3.14. The summed E-state index contributed by atoms with van der Waals surface area (Å²) in [7, 11) is 0. The molecule has 8 aromatic carbocycles. The predicted molar refractivity (Wildman–Crippen MR) is 184 cm³/mol. The molecule has 0 radical (unpaired) electrons. The molecule has 10 rings (SSSR count). The van der Waals surface area contributed by atoms with Crippen LogP contribution in [-0.2, 0) is 0 Å². The molecule has 2 nitrogen and oxygen atoms in total. The molecule has 0 bridgehead atoms. The third-order valence-corrected chi connectivity index (χ3v) is 9.26. The molecule has 2 aromatic heterocycles. The Kier molecular flexibility index (Phi) is 4.75. The molecule has 0 aliphatic heterocycles. The van der Waals surface area contributed by atoms with Crippen LogP contribution in [0.15, 0.2) is 154 Å². The van der Waals surface area contributed by atoms with E-state index in [9.17, 15) is 0 Å². The van der Waals surface area contributed by atoms with Gasteiger partial charge in [-0.15, -0.1) is 0 Å². The van der Waals surface area contributed by atoms with E-state index >= 15 is 0 Å². The Labute approximate surface area is 252 Å². The van der Waals surface area contributed by atoms with Crippen molar-refractivity contribution in [3.63, 3.8) is 0 Å². The van der Waals surface area contributed by atoms with Gasteiger partial charge < -0.3 is 8.83 Å². The molecular formula is C42H24O2. The molecule has 10 aromatic rings. The van der Waals surface area contributed by atoms with Gasteiger partial charge in [-0.3, -0.25) is 0 Å². The van der Waals surface area contributed by atoms with Crippen LogP contribution in [0.4, 0.5) is 0 Å². The molecule has 0 saturated carbocycles. The van der Waals surface area contributed by atoms with Crippen molar-refractivity contribution in [1.82, 2.24) is 0 Å². The molecule has 2 heterocycles. The number of fused-ring (bicyclic) bond motifs is 10. The van der Waals surface area contributed by atoms with Gasteiger partial charge in [0, 0.05) is 38.1 Å². The number of hydrogen-bond acceptors (Lipinski definition) is 2. The molecule has 44 heavy (non-hydrogen) atoms. The van der Waals surface area contributed by atoms with Gasteiger partial charge in [-0.25, -0.2) is 0 Å². The zero-order valence-corrected chi connectivity index (χ0v) is 23.7. The summed E-state index contributed by atoms with van der Waals surface area (Å²) in [4.78, 5) is 0. The first kappa shape index (κ1) is 23.7. The highest BCUT2D eigenvalue weighted by Crippen LogP contribution is 2.48. The van der Waals surface area contributed by atoms with Gasteiger partial charge in [0.2, 0.25) is 0 Å². The number of hydrogen-bond donors (Lipinski definition) is 0. The fourth-order valence-electron chi connectivity index (χ4n) is 7.41. The van der Waals surface area contributed by atoms with Crippen LogP contribution >= 0.6 is 0 Å². The average Bonchev–Trinajstić information content (AvgIpc) is 3.66. The van der Waals surface area contributed by atoms with Crippen LogP contribution in [0.25, 0.3) is 98.4 Å². The highest BCUT2D eigenvalue weighted by atomic mass is 16.3. The Morgan fingerprint density at radius 2 is 0.818 bits per heavy atom. The molecule has 0 spiro atoms. The fourth-order valence-corrected chi connectivity index (χ4v) is 7.41. The van der Waals surface area contributed by atoms with Crippen molar-refractivity contribution in [3.8, 4) is 22.3 Å². The van der Waals surface area contributed by atoms with Crippen LogP contribution < -0.4 is 0 Å². The van der Waals surface area contributed by atoms with Gasteiger partial charge in [0.15, 0.2) is 0 Å². The Hall–Kier alpha value is -5.86. The molecule has 0 unspecified atom stereocenters. The van der Waals surface area contributed by atoms with Gasteiger partial charge in [-0.1, -0.05) is 127 Å². The molecule has 2 heteroatoms. The van der Waals surface area contributed by atoms with Gasteiger partial charge in [0.25, 0.3) is 0 Å². The standard InChI is InChI=1S/C42H24O2/c1-2-12-26-25(11-1)23-24-32-31-18-9-20-35(42(31)44-41(26)32)39-29-15-5-3-13-27(29)38(28-14-4-6-16-30(28)39)34-19-10-22-37-40(34)33-17-7-8-21-36(33)43-37/h1-24H. The summed E-state index contributed by atoms with van der Waals surface area (Å²) in [5.74, 6) is 0. The van der Waals surface area contributed by atoms with Crippen LogP contribution in [-0.4, -0.2) is 0 Å². The second-order valence-corrected chi connectivity index (χ2v) is 11.6. The maximum absolute atomic E-state index is 6.85. The van der Waals surface area contributed by atoms with Crippen LogP contribution in [0.3, 0.4) is 0 Å². The third-order valence-electron chi connectivity index (χ3n) is 9.26. The Morgan fingerprint density at radius 1 is 0.295 bits per heavy atom. The topological polar surface area (TPSA) is 26.3 Å². The quantitative estimate of drug-likeness (QED) is 0.197. The van der Waals surface area contributed by atoms with E-state index in [2.05, 4.69) is 140 Å². The second kappa shape index (κ2) is 8.82. The smallest absolute Gasteiger partial charge is 0.143 e. The van der Waals surface area contributed by atoms with Gasteiger partial charge in [-0.2, -0.15) is 0 Å². The minimum atomic E-state index is 0.903. The zero-order valence-electron chi connectivity index (χ0n) is 23.7. The fraction of sp³-hybridized carbons (Fsp3) is 0. The number of para-hydroxylation sites is 2. The summed E-state index contributed by atoms with van der Waals surface area (Å²) in [6, 6.07) is 51.8. The van der Waals surface area contributed by atoms with Crippen molar-refractivity contribution in [2.45, 2.75) is 0 Å². The van der Waals surface area contributed by atoms with Crippen molar-refractivity contribution < 1.29 is 8.83 Å². The lowest BCUT2D eigenvalue weighted by Gasteiger charge is -2.18. The average molecular weight is 561 g/mol. The number of benzene rings is 8. The summed E-state index contributed by atoms with van der Waals surface area (Å²) in [6.45, 7) is 0. The van der Waals surface area contributed by atoms with Gasteiger partial charge >= 0.3 is 0 Å². The summed E-state index contributed by atoms with van der Waals surface area (Å²) >= 11 is 0. The predicted octanol–water partition coefficient (Wildman–Crippen LogP) is 12.3.